The Bertz CT molecular complexity index is 1300. The molecule has 1 fully saturated rings. The number of rotatable bonds is 3. The van der Waals surface area contributed by atoms with Gasteiger partial charge in [0.15, 0.2) is 16.1 Å². The number of hydrogen-bond donors (Lipinski definition) is 2. The second-order valence-corrected chi connectivity index (χ2v) is 8.01. The van der Waals surface area contributed by atoms with Gasteiger partial charge < -0.3 is 9.40 Å². The average Bonchev–Trinajstić information content (AvgIpc) is 3.48. The lowest BCUT2D eigenvalue weighted by atomic mass is 9.81. The first kappa shape index (κ1) is 16.5. The molecule has 1 saturated carbocycles. The Hall–Kier alpha value is -3.46. The number of fused-ring (bicyclic) bond motifs is 3. The van der Waals surface area contributed by atoms with Crippen molar-refractivity contribution < 1.29 is 14.0 Å². The molecule has 4 aromatic rings. The fourth-order valence-electron chi connectivity index (χ4n) is 4.02. The van der Waals surface area contributed by atoms with Crippen LogP contribution in [0.5, 0.6) is 0 Å². The highest BCUT2D eigenvalue weighted by Gasteiger charge is 2.48. The van der Waals surface area contributed by atoms with Gasteiger partial charge in [-0.25, -0.2) is 9.98 Å². The standard InChI is InChI=1S/C20H13N5O3S/c26-13-7-12-17(18(13)27)16(9-8-21-25-19(9)22-12)14-5-6-15(28-14)29-20-23-10-3-1-2-4-11(10)24-20/h1-6,8,16-17H,7H2,(H,21,25)(H,23,24). The first-order chi connectivity index (χ1) is 14.2. The number of ketones is 2. The number of aliphatic imine (C=N–C) groups is 1. The van der Waals surface area contributed by atoms with Gasteiger partial charge in [-0.15, -0.1) is 0 Å². The lowest BCUT2D eigenvalue weighted by molar-refractivity contribution is -0.135. The van der Waals surface area contributed by atoms with Crippen LogP contribution in [0.2, 0.25) is 0 Å². The molecule has 29 heavy (non-hydrogen) atoms. The minimum Gasteiger partial charge on any atom is -0.454 e. The van der Waals surface area contributed by atoms with Gasteiger partial charge >= 0.3 is 0 Å². The summed E-state index contributed by atoms with van der Waals surface area (Å²) in [4.78, 5) is 36.8. The van der Waals surface area contributed by atoms with E-state index in [0.717, 1.165) is 16.6 Å². The van der Waals surface area contributed by atoms with Crippen LogP contribution in [0, 0.1) is 5.92 Å². The molecule has 1 aliphatic heterocycles. The van der Waals surface area contributed by atoms with Gasteiger partial charge in [0.2, 0.25) is 11.6 Å². The van der Waals surface area contributed by atoms with E-state index >= 15 is 0 Å². The number of aromatic nitrogens is 4. The number of nitrogens with zero attached hydrogens (tertiary/aromatic N) is 3. The molecule has 2 unspecified atom stereocenters. The lowest BCUT2D eigenvalue weighted by Crippen LogP contribution is -2.27. The number of benzene rings is 1. The summed E-state index contributed by atoms with van der Waals surface area (Å²) in [5, 5.41) is 8.26. The molecular weight excluding hydrogens is 390 g/mol. The van der Waals surface area contributed by atoms with Crippen LogP contribution in [0.4, 0.5) is 5.82 Å². The lowest BCUT2D eigenvalue weighted by Gasteiger charge is -2.23. The van der Waals surface area contributed by atoms with E-state index in [1.54, 1.807) is 6.20 Å². The molecule has 6 rings (SSSR count). The number of H-pyrrole nitrogens is 2. The first-order valence-electron chi connectivity index (χ1n) is 9.07. The van der Waals surface area contributed by atoms with Crippen molar-refractivity contribution in [2.75, 3.05) is 0 Å². The molecule has 3 aromatic heterocycles. The van der Waals surface area contributed by atoms with Crippen LogP contribution in [-0.4, -0.2) is 37.4 Å². The number of hydrogen-bond acceptors (Lipinski definition) is 7. The van der Waals surface area contributed by atoms with Gasteiger partial charge in [0, 0.05) is 11.3 Å². The maximum absolute atomic E-state index is 12.5. The van der Waals surface area contributed by atoms with Gasteiger partial charge in [0.05, 0.1) is 35.5 Å². The fraction of sp³-hybridized carbons (Fsp3) is 0.150. The topological polar surface area (TPSA) is 117 Å². The monoisotopic (exact) mass is 403 g/mol. The third kappa shape index (κ3) is 2.51. The Morgan fingerprint density at radius 1 is 1.10 bits per heavy atom. The minimum absolute atomic E-state index is 0.0553. The first-order valence-corrected chi connectivity index (χ1v) is 9.89. The number of nitrogens with one attached hydrogen (secondary N) is 2. The maximum Gasteiger partial charge on any atom is 0.208 e. The van der Waals surface area contributed by atoms with Gasteiger partial charge in [-0.1, -0.05) is 12.1 Å². The quantitative estimate of drug-likeness (QED) is 0.506. The van der Waals surface area contributed by atoms with Crippen LogP contribution in [0.1, 0.15) is 23.7 Å². The zero-order valence-electron chi connectivity index (χ0n) is 14.9. The Morgan fingerprint density at radius 3 is 2.90 bits per heavy atom. The number of carbonyl (C=O) groups is 2. The second kappa shape index (κ2) is 6.02. The van der Waals surface area contributed by atoms with Crippen molar-refractivity contribution in [3.63, 3.8) is 0 Å². The number of imidazole rings is 1. The summed E-state index contributed by atoms with van der Waals surface area (Å²) in [5.74, 6) is -0.676. The molecule has 0 bridgehead atoms. The molecule has 0 radical (unpaired) electrons. The fourth-order valence-corrected chi connectivity index (χ4v) is 4.78. The molecule has 0 spiro atoms. The number of carbonyl (C=O) groups excluding carboxylic acids is 2. The predicted molar refractivity (Wildman–Crippen MR) is 105 cm³/mol. The van der Waals surface area contributed by atoms with E-state index < -0.39 is 23.4 Å². The van der Waals surface area contributed by atoms with E-state index in [2.05, 4.69) is 25.2 Å². The van der Waals surface area contributed by atoms with Crippen molar-refractivity contribution in [3.8, 4) is 0 Å². The van der Waals surface area contributed by atoms with E-state index in [1.807, 2.05) is 36.4 Å². The van der Waals surface area contributed by atoms with Crippen LogP contribution >= 0.6 is 11.8 Å². The summed E-state index contributed by atoms with van der Waals surface area (Å²) in [6, 6.07) is 11.5. The van der Waals surface area contributed by atoms with Crippen molar-refractivity contribution in [2.24, 2.45) is 10.9 Å². The molecule has 8 nitrogen and oxygen atoms in total. The summed E-state index contributed by atoms with van der Waals surface area (Å²) >= 11 is 1.37. The van der Waals surface area contributed by atoms with Crippen LogP contribution in [0.3, 0.4) is 0 Å². The van der Waals surface area contributed by atoms with Gasteiger partial charge in [0.1, 0.15) is 5.76 Å². The van der Waals surface area contributed by atoms with Crippen LogP contribution < -0.4 is 0 Å². The second-order valence-electron chi connectivity index (χ2n) is 7.01. The molecule has 2 atom stereocenters. The number of Topliss-reactive ketones (excluding diaryl/α,β-unsaturated/α-hetero) is 2. The third-order valence-electron chi connectivity index (χ3n) is 5.30. The summed E-state index contributed by atoms with van der Waals surface area (Å²) in [6.45, 7) is 0. The number of aromatic amines is 2. The minimum atomic E-state index is -0.622. The SMILES string of the molecule is O=C1CC2=Nc3[nH]ncc3C(c3ccc(Sc4nc5ccccc5[nH]4)o3)C2C1=O. The van der Waals surface area contributed by atoms with Gasteiger partial charge in [-0.3, -0.25) is 14.7 Å². The van der Waals surface area contributed by atoms with Crippen molar-refractivity contribution in [2.45, 2.75) is 22.6 Å². The molecule has 0 saturated heterocycles. The third-order valence-corrected chi connectivity index (χ3v) is 6.11. The molecule has 0 amide bonds. The Balaban J connectivity index is 1.36. The zero-order valence-corrected chi connectivity index (χ0v) is 15.7. The van der Waals surface area contributed by atoms with Crippen LogP contribution in [0.15, 0.2) is 62.3 Å². The zero-order chi connectivity index (χ0) is 19.5. The Kier molecular flexibility index (Phi) is 3.42. The average molecular weight is 403 g/mol. The largest absolute Gasteiger partial charge is 0.454 e. The molecular formula is C20H13N5O3S. The van der Waals surface area contributed by atoms with E-state index in [0.29, 0.717) is 27.5 Å². The molecule has 2 aliphatic rings. The molecule has 1 aliphatic carbocycles. The molecule has 2 N–H and O–H groups in total. The molecule has 9 heteroatoms. The van der Waals surface area contributed by atoms with Crippen molar-refractivity contribution in [3.05, 3.63) is 53.9 Å². The van der Waals surface area contributed by atoms with E-state index in [9.17, 15) is 9.59 Å². The van der Waals surface area contributed by atoms with Crippen LogP contribution in [0.25, 0.3) is 11.0 Å². The smallest absolute Gasteiger partial charge is 0.208 e. The Labute approximate surface area is 167 Å². The molecule has 1 aromatic carbocycles. The summed E-state index contributed by atoms with van der Waals surface area (Å²) in [7, 11) is 0. The van der Waals surface area contributed by atoms with Crippen molar-refractivity contribution >= 4 is 45.9 Å². The summed E-state index contributed by atoms with van der Waals surface area (Å²) in [6.07, 6.45) is 1.70. The van der Waals surface area contributed by atoms with Gasteiger partial charge in [-0.2, -0.15) is 5.10 Å². The summed E-state index contributed by atoms with van der Waals surface area (Å²) in [5.41, 5.74) is 3.17. The number of para-hydroxylation sites is 2. The maximum atomic E-state index is 12.5. The van der Waals surface area contributed by atoms with E-state index in [1.165, 1.54) is 11.8 Å². The highest BCUT2D eigenvalue weighted by atomic mass is 32.2. The van der Waals surface area contributed by atoms with E-state index in [-0.39, 0.29) is 6.42 Å². The Morgan fingerprint density at radius 2 is 2.00 bits per heavy atom. The van der Waals surface area contributed by atoms with Crippen molar-refractivity contribution in [1.29, 1.82) is 0 Å². The highest BCUT2D eigenvalue weighted by Crippen LogP contribution is 2.46. The van der Waals surface area contributed by atoms with Crippen LogP contribution in [-0.2, 0) is 9.59 Å². The predicted octanol–water partition coefficient (Wildman–Crippen LogP) is 3.41. The van der Waals surface area contributed by atoms with E-state index in [4.69, 9.17) is 4.42 Å². The molecule has 4 heterocycles. The van der Waals surface area contributed by atoms with Gasteiger partial charge in [-0.05, 0) is 36.0 Å². The highest BCUT2D eigenvalue weighted by molar-refractivity contribution is 7.99. The van der Waals surface area contributed by atoms with Gasteiger partial charge in [0.25, 0.3) is 0 Å². The number of furan rings is 1. The summed E-state index contributed by atoms with van der Waals surface area (Å²) < 4.78 is 6.08. The molecule has 142 valence electrons. The van der Waals surface area contributed by atoms with Crippen molar-refractivity contribution in [1.82, 2.24) is 20.2 Å². The normalized spacial score (nSPS) is 20.8.